The van der Waals surface area contributed by atoms with Crippen LogP contribution in [0.2, 0.25) is 0 Å². The average Bonchev–Trinajstić information content (AvgIpc) is 2.97. The zero-order chi connectivity index (χ0) is 11.1. The summed E-state index contributed by atoms with van der Waals surface area (Å²) in [6.07, 6.45) is 1.33. The summed E-state index contributed by atoms with van der Waals surface area (Å²) in [6, 6.07) is 7.22. The summed E-state index contributed by atoms with van der Waals surface area (Å²) in [5.41, 5.74) is -0.757. The number of nitriles is 1. The Morgan fingerprint density at radius 1 is 1.25 bits per heavy atom. The SMILES string of the molecule is N#CC1(c2cccc([B-](F)(F)F)c2)CC1.[K+]. The molecule has 0 aliphatic heterocycles. The Morgan fingerprint density at radius 2 is 1.88 bits per heavy atom. The molecule has 6 heteroatoms. The molecule has 0 saturated heterocycles. The summed E-state index contributed by atoms with van der Waals surface area (Å²) in [5.74, 6) is 0. The van der Waals surface area contributed by atoms with Crippen LogP contribution in [0.4, 0.5) is 12.9 Å². The van der Waals surface area contributed by atoms with Crippen LogP contribution in [0.3, 0.4) is 0 Å². The van der Waals surface area contributed by atoms with Crippen molar-refractivity contribution in [3.63, 3.8) is 0 Å². The summed E-state index contributed by atoms with van der Waals surface area (Å²) < 4.78 is 37.4. The molecule has 0 bridgehead atoms. The maximum absolute atomic E-state index is 12.5. The molecule has 0 atom stereocenters. The van der Waals surface area contributed by atoms with Crippen LogP contribution in [0, 0.1) is 11.3 Å². The smallest absolute Gasteiger partial charge is 0.445 e. The molecule has 0 heterocycles. The topological polar surface area (TPSA) is 23.8 Å². The van der Waals surface area contributed by atoms with Crippen LogP contribution in [0.15, 0.2) is 24.3 Å². The summed E-state index contributed by atoms with van der Waals surface area (Å²) in [6.45, 7) is -4.96. The van der Waals surface area contributed by atoms with Crippen LogP contribution in [0.5, 0.6) is 0 Å². The van der Waals surface area contributed by atoms with Gasteiger partial charge in [0.05, 0.1) is 11.5 Å². The van der Waals surface area contributed by atoms with Crippen molar-refractivity contribution in [3.05, 3.63) is 29.8 Å². The van der Waals surface area contributed by atoms with E-state index in [1.54, 1.807) is 6.07 Å². The van der Waals surface area contributed by atoms with E-state index < -0.39 is 17.9 Å². The van der Waals surface area contributed by atoms with Gasteiger partial charge in [-0.2, -0.15) is 5.26 Å². The van der Waals surface area contributed by atoms with Crippen LogP contribution in [0.1, 0.15) is 18.4 Å². The number of nitrogens with zero attached hydrogens (tertiary/aromatic N) is 1. The molecule has 0 amide bonds. The fraction of sp³-hybridized carbons (Fsp3) is 0.300. The molecular formula is C10H8BF3KN. The average molecular weight is 249 g/mol. The zero-order valence-electron chi connectivity index (χ0n) is 8.88. The quantitative estimate of drug-likeness (QED) is 0.636. The second-order valence-electron chi connectivity index (χ2n) is 3.89. The second kappa shape index (κ2) is 4.83. The van der Waals surface area contributed by atoms with E-state index in [-0.39, 0.29) is 51.4 Å². The largest absolute Gasteiger partial charge is 1.00 e. The van der Waals surface area contributed by atoms with Crippen LogP contribution in [-0.4, -0.2) is 6.98 Å². The Hall–Kier alpha value is 0.201. The number of rotatable bonds is 2. The van der Waals surface area contributed by atoms with Gasteiger partial charge in [-0.3, -0.25) is 0 Å². The third-order valence-corrected chi connectivity index (χ3v) is 2.78. The second-order valence-corrected chi connectivity index (χ2v) is 3.89. The first-order valence-electron chi connectivity index (χ1n) is 4.70. The molecule has 1 aromatic rings. The molecule has 1 aliphatic carbocycles. The standard InChI is InChI=1S/C10H8BF3N.K/c12-11(13,14)9-3-1-2-8(6-9)10(7-15)4-5-10;/h1-3,6H,4-5H2;/q-1;+1. The number of hydrogen-bond acceptors (Lipinski definition) is 1. The molecule has 1 fully saturated rings. The van der Waals surface area contributed by atoms with Gasteiger partial charge in [-0.1, -0.05) is 24.3 Å². The molecule has 2 rings (SSSR count). The van der Waals surface area contributed by atoms with Gasteiger partial charge >= 0.3 is 58.4 Å². The summed E-state index contributed by atoms with van der Waals surface area (Å²) in [5, 5.41) is 8.88. The Bertz CT molecular complexity index is 434. The van der Waals surface area contributed by atoms with E-state index in [0.29, 0.717) is 18.4 Å². The number of hydrogen-bond donors (Lipinski definition) is 0. The van der Waals surface area contributed by atoms with E-state index in [9.17, 15) is 12.9 Å². The molecule has 78 valence electrons. The van der Waals surface area contributed by atoms with Crippen molar-refractivity contribution in [2.24, 2.45) is 0 Å². The van der Waals surface area contributed by atoms with Gasteiger partial charge in [-0.05, 0) is 18.4 Å². The first-order valence-corrected chi connectivity index (χ1v) is 4.70. The van der Waals surface area contributed by atoms with Crippen molar-refractivity contribution in [2.45, 2.75) is 18.3 Å². The Balaban J connectivity index is 0.00000128. The Kier molecular flexibility index (Phi) is 4.30. The molecule has 16 heavy (non-hydrogen) atoms. The predicted octanol–water partition coefficient (Wildman–Crippen LogP) is -0.700. The van der Waals surface area contributed by atoms with Gasteiger partial charge in [0.2, 0.25) is 0 Å². The van der Waals surface area contributed by atoms with Gasteiger partial charge in [-0.15, -0.1) is 5.46 Å². The normalized spacial score (nSPS) is 17.1. The van der Waals surface area contributed by atoms with Crippen molar-refractivity contribution in [1.82, 2.24) is 0 Å². The molecule has 0 unspecified atom stereocenters. The molecule has 1 aliphatic rings. The number of benzene rings is 1. The van der Waals surface area contributed by atoms with E-state index >= 15 is 0 Å². The third kappa shape index (κ3) is 2.71. The fourth-order valence-electron chi connectivity index (χ4n) is 1.63. The third-order valence-electron chi connectivity index (χ3n) is 2.78. The maximum Gasteiger partial charge on any atom is 1.00 e. The Morgan fingerprint density at radius 3 is 2.31 bits per heavy atom. The van der Waals surface area contributed by atoms with Gasteiger partial charge in [0.15, 0.2) is 0 Å². The van der Waals surface area contributed by atoms with Crippen molar-refractivity contribution in [1.29, 1.82) is 5.26 Å². The first-order chi connectivity index (χ1) is 6.98. The molecule has 0 aromatic heterocycles. The molecule has 0 spiro atoms. The van der Waals surface area contributed by atoms with Crippen molar-refractivity contribution in [3.8, 4) is 6.07 Å². The van der Waals surface area contributed by atoms with Gasteiger partial charge in [0.25, 0.3) is 0 Å². The Labute approximate surface area is 135 Å². The van der Waals surface area contributed by atoms with Crippen LogP contribution in [-0.2, 0) is 5.41 Å². The molecular weight excluding hydrogens is 241 g/mol. The van der Waals surface area contributed by atoms with E-state index in [1.807, 2.05) is 0 Å². The van der Waals surface area contributed by atoms with Crippen molar-refractivity contribution in [2.75, 3.05) is 0 Å². The molecule has 1 nitrogen and oxygen atoms in total. The van der Waals surface area contributed by atoms with Gasteiger partial charge < -0.3 is 12.9 Å². The first kappa shape index (κ1) is 14.3. The van der Waals surface area contributed by atoms with Crippen LogP contribution >= 0.6 is 0 Å². The molecule has 1 saturated carbocycles. The molecule has 0 N–H and O–H groups in total. The monoisotopic (exact) mass is 249 g/mol. The van der Waals surface area contributed by atoms with Crippen molar-refractivity contribution < 1.29 is 64.3 Å². The maximum atomic E-state index is 12.5. The fourth-order valence-corrected chi connectivity index (χ4v) is 1.63. The summed E-state index contributed by atoms with van der Waals surface area (Å²) in [4.78, 5) is 0. The zero-order valence-corrected chi connectivity index (χ0v) is 12.0. The van der Waals surface area contributed by atoms with E-state index in [0.717, 1.165) is 12.1 Å². The van der Waals surface area contributed by atoms with Crippen molar-refractivity contribution >= 4 is 12.4 Å². The minimum atomic E-state index is -4.96. The van der Waals surface area contributed by atoms with Gasteiger partial charge in [0.1, 0.15) is 0 Å². The van der Waals surface area contributed by atoms with Gasteiger partial charge in [0, 0.05) is 0 Å². The summed E-state index contributed by atoms with van der Waals surface area (Å²) in [7, 11) is 0. The minimum absolute atomic E-state index is 0. The van der Waals surface area contributed by atoms with Crippen LogP contribution in [0.25, 0.3) is 0 Å². The van der Waals surface area contributed by atoms with E-state index in [2.05, 4.69) is 6.07 Å². The number of halogens is 3. The van der Waals surface area contributed by atoms with E-state index in [4.69, 9.17) is 5.26 Å². The predicted molar refractivity (Wildman–Crippen MR) is 51.7 cm³/mol. The van der Waals surface area contributed by atoms with Gasteiger partial charge in [-0.25, -0.2) is 0 Å². The van der Waals surface area contributed by atoms with E-state index in [1.165, 1.54) is 6.07 Å². The molecule has 1 aromatic carbocycles. The summed E-state index contributed by atoms with van der Waals surface area (Å²) >= 11 is 0. The minimum Gasteiger partial charge on any atom is -0.445 e. The van der Waals surface area contributed by atoms with Crippen LogP contribution < -0.4 is 56.8 Å². The molecule has 0 radical (unpaired) electrons.